The van der Waals surface area contributed by atoms with Gasteiger partial charge in [-0.25, -0.2) is 0 Å². The van der Waals surface area contributed by atoms with E-state index in [2.05, 4.69) is 55.0 Å². The van der Waals surface area contributed by atoms with Crippen molar-refractivity contribution in [2.75, 3.05) is 34.2 Å². The lowest BCUT2D eigenvalue weighted by Gasteiger charge is -2.17. The van der Waals surface area contributed by atoms with E-state index in [1.807, 2.05) is 6.20 Å². The summed E-state index contributed by atoms with van der Waals surface area (Å²) in [5.41, 5.74) is 5.30. The van der Waals surface area contributed by atoms with E-state index in [0.717, 1.165) is 19.5 Å². The maximum absolute atomic E-state index is 4.61. The highest BCUT2D eigenvalue weighted by Crippen LogP contribution is 2.29. The van der Waals surface area contributed by atoms with Gasteiger partial charge in [-0.1, -0.05) is 0 Å². The maximum atomic E-state index is 4.61. The lowest BCUT2D eigenvalue weighted by Crippen LogP contribution is -2.14. The van der Waals surface area contributed by atoms with Crippen molar-refractivity contribution < 1.29 is 0 Å². The molecule has 0 bridgehead atoms. The molecule has 0 aromatic carbocycles. The molecule has 0 saturated carbocycles. The SMILES string of the molecule is CC1=C(c2ccc(CCCN(C)C)nc2)N(C)CC1. The molecule has 0 fully saturated rings. The van der Waals surface area contributed by atoms with Crippen molar-refractivity contribution in [2.45, 2.75) is 26.2 Å². The minimum Gasteiger partial charge on any atom is -0.374 e. The smallest absolute Gasteiger partial charge is 0.0442 e. The van der Waals surface area contributed by atoms with Gasteiger partial charge in [0.2, 0.25) is 0 Å². The zero-order chi connectivity index (χ0) is 13.8. The first-order valence-electron chi connectivity index (χ1n) is 7.09. The third kappa shape index (κ3) is 3.57. The number of aryl methyl sites for hydroxylation is 1. The lowest BCUT2D eigenvalue weighted by atomic mass is 10.1. The van der Waals surface area contributed by atoms with E-state index in [1.165, 1.54) is 35.4 Å². The van der Waals surface area contributed by atoms with Gasteiger partial charge in [-0.3, -0.25) is 4.98 Å². The number of hydrogen-bond acceptors (Lipinski definition) is 3. The van der Waals surface area contributed by atoms with Crippen LogP contribution in [0.5, 0.6) is 0 Å². The van der Waals surface area contributed by atoms with E-state index in [9.17, 15) is 0 Å². The van der Waals surface area contributed by atoms with Crippen LogP contribution < -0.4 is 0 Å². The van der Waals surface area contributed by atoms with Crippen molar-refractivity contribution in [3.05, 3.63) is 35.2 Å². The molecule has 19 heavy (non-hydrogen) atoms. The van der Waals surface area contributed by atoms with Gasteiger partial charge in [0.1, 0.15) is 0 Å². The van der Waals surface area contributed by atoms with Gasteiger partial charge < -0.3 is 9.80 Å². The van der Waals surface area contributed by atoms with Crippen LogP contribution in [0.15, 0.2) is 23.9 Å². The van der Waals surface area contributed by atoms with E-state index in [0.29, 0.717) is 0 Å². The van der Waals surface area contributed by atoms with Crippen LogP contribution in [-0.2, 0) is 6.42 Å². The minimum absolute atomic E-state index is 1.06. The topological polar surface area (TPSA) is 19.4 Å². The maximum Gasteiger partial charge on any atom is 0.0442 e. The average molecular weight is 259 g/mol. The molecule has 0 atom stereocenters. The van der Waals surface area contributed by atoms with Crippen LogP contribution in [0.1, 0.15) is 31.0 Å². The third-order valence-electron chi connectivity index (χ3n) is 3.74. The van der Waals surface area contributed by atoms with Crippen molar-refractivity contribution in [2.24, 2.45) is 0 Å². The first-order chi connectivity index (χ1) is 9.08. The summed E-state index contributed by atoms with van der Waals surface area (Å²) in [7, 11) is 6.39. The Hall–Kier alpha value is -1.35. The minimum atomic E-state index is 1.06. The highest BCUT2D eigenvalue weighted by molar-refractivity contribution is 5.68. The molecule has 0 amide bonds. The summed E-state index contributed by atoms with van der Waals surface area (Å²) in [5.74, 6) is 0. The van der Waals surface area contributed by atoms with Crippen LogP contribution in [0.25, 0.3) is 5.70 Å². The Balaban J connectivity index is 2.01. The summed E-state index contributed by atoms with van der Waals surface area (Å²) >= 11 is 0. The highest BCUT2D eigenvalue weighted by Gasteiger charge is 2.17. The van der Waals surface area contributed by atoms with Crippen LogP contribution in [-0.4, -0.2) is 49.0 Å². The molecular weight excluding hydrogens is 234 g/mol. The van der Waals surface area contributed by atoms with Gasteiger partial charge in [0.05, 0.1) is 0 Å². The number of aromatic nitrogens is 1. The molecule has 0 unspecified atom stereocenters. The number of nitrogens with zero attached hydrogens (tertiary/aromatic N) is 3. The van der Waals surface area contributed by atoms with E-state index < -0.39 is 0 Å². The fraction of sp³-hybridized carbons (Fsp3) is 0.562. The van der Waals surface area contributed by atoms with Crippen molar-refractivity contribution in [3.8, 4) is 0 Å². The number of hydrogen-bond donors (Lipinski definition) is 0. The third-order valence-corrected chi connectivity index (χ3v) is 3.74. The largest absolute Gasteiger partial charge is 0.374 e. The Morgan fingerprint density at radius 3 is 2.63 bits per heavy atom. The monoisotopic (exact) mass is 259 g/mol. The standard InChI is InChI=1S/C16H25N3/c1-13-9-11-19(4)16(13)14-7-8-15(17-12-14)6-5-10-18(2)3/h7-8,12H,5-6,9-11H2,1-4H3. The molecule has 0 aliphatic carbocycles. The predicted octanol–water partition coefficient (Wildman–Crippen LogP) is 2.64. The number of pyridine rings is 1. The Morgan fingerprint density at radius 2 is 2.11 bits per heavy atom. The Morgan fingerprint density at radius 1 is 1.32 bits per heavy atom. The summed E-state index contributed by atoms with van der Waals surface area (Å²) in [5, 5.41) is 0. The van der Waals surface area contributed by atoms with Crippen LogP contribution >= 0.6 is 0 Å². The molecule has 2 heterocycles. The van der Waals surface area contributed by atoms with Crippen molar-refractivity contribution >= 4 is 5.70 Å². The average Bonchev–Trinajstić information content (AvgIpc) is 2.70. The Bertz CT molecular complexity index is 446. The first kappa shape index (κ1) is 14.1. The molecule has 1 aliphatic rings. The molecule has 0 spiro atoms. The zero-order valence-corrected chi connectivity index (χ0v) is 12.6. The summed E-state index contributed by atoms with van der Waals surface area (Å²) in [6.45, 7) is 4.48. The molecule has 3 nitrogen and oxygen atoms in total. The molecule has 104 valence electrons. The van der Waals surface area contributed by atoms with Crippen LogP contribution in [0.4, 0.5) is 0 Å². The van der Waals surface area contributed by atoms with Gasteiger partial charge in [-0.05, 0) is 64.5 Å². The molecule has 0 N–H and O–H groups in total. The normalized spacial score (nSPS) is 15.7. The zero-order valence-electron chi connectivity index (χ0n) is 12.6. The van der Waals surface area contributed by atoms with Crippen LogP contribution in [0, 0.1) is 0 Å². The summed E-state index contributed by atoms with van der Waals surface area (Å²) in [6, 6.07) is 4.40. The van der Waals surface area contributed by atoms with Gasteiger partial charge in [0.15, 0.2) is 0 Å². The van der Waals surface area contributed by atoms with Gasteiger partial charge in [0.25, 0.3) is 0 Å². The van der Waals surface area contributed by atoms with Gasteiger partial charge in [-0.2, -0.15) is 0 Å². The van der Waals surface area contributed by atoms with Gasteiger partial charge in [-0.15, -0.1) is 0 Å². The molecule has 3 heteroatoms. The molecule has 1 aromatic rings. The van der Waals surface area contributed by atoms with Crippen LogP contribution in [0.2, 0.25) is 0 Å². The fourth-order valence-electron chi connectivity index (χ4n) is 2.65. The highest BCUT2D eigenvalue weighted by atomic mass is 15.1. The van der Waals surface area contributed by atoms with Crippen molar-refractivity contribution in [1.82, 2.24) is 14.8 Å². The molecule has 1 aromatic heterocycles. The van der Waals surface area contributed by atoms with Gasteiger partial charge >= 0.3 is 0 Å². The second-order valence-electron chi connectivity index (χ2n) is 5.75. The van der Waals surface area contributed by atoms with E-state index in [1.54, 1.807) is 0 Å². The molecule has 0 radical (unpaired) electrons. The molecule has 0 saturated heterocycles. The predicted molar refractivity (Wildman–Crippen MR) is 81.0 cm³/mol. The van der Waals surface area contributed by atoms with E-state index >= 15 is 0 Å². The lowest BCUT2D eigenvalue weighted by molar-refractivity contribution is 0.399. The molecule has 2 rings (SSSR count). The van der Waals surface area contributed by atoms with Crippen molar-refractivity contribution in [1.29, 1.82) is 0 Å². The quantitative estimate of drug-likeness (QED) is 0.810. The number of rotatable bonds is 5. The fourth-order valence-corrected chi connectivity index (χ4v) is 2.65. The van der Waals surface area contributed by atoms with Gasteiger partial charge in [0, 0.05) is 36.7 Å². The van der Waals surface area contributed by atoms with Crippen molar-refractivity contribution in [3.63, 3.8) is 0 Å². The Kier molecular flexibility index (Phi) is 4.59. The molecule has 1 aliphatic heterocycles. The summed E-state index contributed by atoms with van der Waals surface area (Å²) < 4.78 is 0. The molecular formula is C16H25N3. The van der Waals surface area contributed by atoms with E-state index in [-0.39, 0.29) is 0 Å². The second-order valence-corrected chi connectivity index (χ2v) is 5.75. The van der Waals surface area contributed by atoms with E-state index in [4.69, 9.17) is 0 Å². The summed E-state index contributed by atoms with van der Waals surface area (Å²) in [6.07, 6.45) is 5.44. The Labute approximate surface area is 116 Å². The van der Waals surface area contributed by atoms with Crippen LogP contribution in [0.3, 0.4) is 0 Å². The summed E-state index contributed by atoms with van der Waals surface area (Å²) in [4.78, 5) is 9.16. The second kappa shape index (κ2) is 6.20. The first-order valence-corrected chi connectivity index (χ1v) is 7.09.